The lowest BCUT2D eigenvalue weighted by molar-refractivity contribution is -0.384. The molecule has 1 saturated heterocycles. The molecule has 1 fully saturated rings. The summed E-state index contributed by atoms with van der Waals surface area (Å²) in [6, 6.07) is 1.89. The highest BCUT2D eigenvalue weighted by molar-refractivity contribution is 5.79. The van der Waals surface area contributed by atoms with Gasteiger partial charge in [0.1, 0.15) is 6.04 Å². The fourth-order valence-corrected chi connectivity index (χ4v) is 2.51. The number of carboxylic acid groups (broad SMARTS) is 1. The van der Waals surface area contributed by atoms with Crippen molar-refractivity contribution < 1.29 is 19.6 Å². The van der Waals surface area contributed by atoms with Gasteiger partial charge in [-0.1, -0.05) is 12.8 Å². The van der Waals surface area contributed by atoms with E-state index >= 15 is 0 Å². The number of aliphatic carboxylic acids is 1. The van der Waals surface area contributed by atoms with Crippen LogP contribution in [0.5, 0.6) is 5.88 Å². The summed E-state index contributed by atoms with van der Waals surface area (Å²) < 4.78 is 5.00. The number of carbonyl (C=O) groups is 1. The summed E-state index contributed by atoms with van der Waals surface area (Å²) in [6.45, 7) is 0.429. The van der Waals surface area contributed by atoms with E-state index in [0.29, 0.717) is 13.0 Å². The van der Waals surface area contributed by atoms with Crippen molar-refractivity contribution in [1.82, 2.24) is 4.98 Å². The van der Waals surface area contributed by atoms with Crippen molar-refractivity contribution in [2.45, 2.75) is 31.7 Å². The first-order chi connectivity index (χ1) is 10.0. The van der Waals surface area contributed by atoms with Gasteiger partial charge in [-0.05, 0) is 12.8 Å². The molecule has 0 amide bonds. The zero-order valence-corrected chi connectivity index (χ0v) is 11.7. The number of methoxy groups -OCH3 is 1. The highest BCUT2D eigenvalue weighted by atomic mass is 16.6. The summed E-state index contributed by atoms with van der Waals surface area (Å²) in [5.41, 5.74) is -0.205. The number of nitro groups is 1. The van der Waals surface area contributed by atoms with Crippen LogP contribution in [0.15, 0.2) is 12.1 Å². The Morgan fingerprint density at radius 3 is 2.86 bits per heavy atom. The van der Waals surface area contributed by atoms with Crippen molar-refractivity contribution in [3.8, 4) is 5.88 Å². The molecule has 1 N–H and O–H groups in total. The molecular weight excluding hydrogens is 278 g/mol. The van der Waals surface area contributed by atoms with Crippen LogP contribution in [0.4, 0.5) is 11.5 Å². The molecule has 1 aliphatic heterocycles. The van der Waals surface area contributed by atoms with Crippen molar-refractivity contribution in [2.75, 3.05) is 18.6 Å². The Balaban J connectivity index is 2.49. The summed E-state index contributed by atoms with van der Waals surface area (Å²) >= 11 is 0. The first kappa shape index (κ1) is 15.0. The predicted octanol–water partition coefficient (Wildman–Crippen LogP) is 1.83. The molecule has 114 valence electrons. The van der Waals surface area contributed by atoms with Crippen molar-refractivity contribution in [2.24, 2.45) is 0 Å². The van der Waals surface area contributed by atoms with Crippen LogP contribution in [0.3, 0.4) is 0 Å². The number of hydrogen-bond donors (Lipinski definition) is 1. The van der Waals surface area contributed by atoms with Gasteiger partial charge in [0.2, 0.25) is 11.7 Å². The normalized spacial score (nSPS) is 18.9. The molecule has 21 heavy (non-hydrogen) atoms. The maximum atomic E-state index is 11.5. The molecule has 0 saturated carbocycles. The standard InChI is InChI=1S/C13H17N3O5/c1-21-11-7-6-9(16(19)20)12(14-11)15-8-4-2-3-5-10(15)13(17)18/h6-7,10H,2-5,8H2,1H3,(H,17,18). The summed E-state index contributed by atoms with van der Waals surface area (Å²) in [5, 5.41) is 20.6. The van der Waals surface area contributed by atoms with Crippen LogP contribution < -0.4 is 9.64 Å². The zero-order chi connectivity index (χ0) is 15.4. The fourth-order valence-electron chi connectivity index (χ4n) is 2.51. The molecule has 1 atom stereocenters. The summed E-state index contributed by atoms with van der Waals surface area (Å²) in [7, 11) is 1.41. The Morgan fingerprint density at radius 2 is 2.24 bits per heavy atom. The van der Waals surface area contributed by atoms with E-state index in [0.717, 1.165) is 19.3 Å². The Morgan fingerprint density at radius 1 is 1.48 bits per heavy atom. The Kier molecular flexibility index (Phi) is 4.56. The molecule has 1 aliphatic rings. The minimum atomic E-state index is -0.990. The van der Waals surface area contributed by atoms with Crippen LogP contribution in [0, 0.1) is 10.1 Å². The molecule has 8 heteroatoms. The minimum Gasteiger partial charge on any atom is -0.481 e. The molecule has 2 rings (SSSR count). The summed E-state index contributed by atoms with van der Waals surface area (Å²) in [6.07, 6.45) is 2.91. The number of rotatable bonds is 4. The Labute approximate surface area is 121 Å². The highest BCUT2D eigenvalue weighted by Crippen LogP contribution is 2.32. The number of nitrogens with zero attached hydrogens (tertiary/aromatic N) is 3. The lowest BCUT2D eigenvalue weighted by Crippen LogP contribution is -2.41. The SMILES string of the molecule is COc1ccc([N+](=O)[O-])c(N2CCCCCC2C(=O)O)n1. The van der Waals surface area contributed by atoms with Crippen molar-refractivity contribution in [1.29, 1.82) is 0 Å². The first-order valence-electron chi connectivity index (χ1n) is 6.73. The second kappa shape index (κ2) is 6.38. The van der Waals surface area contributed by atoms with Crippen LogP contribution in [-0.4, -0.2) is 40.7 Å². The van der Waals surface area contributed by atoms with Crippen molar-refractivity contribution >= 4 is 17.5 Å². The van der Waals surface area contributed by atoms with Gasteiger partial charge in [0.05, 0.1) is 12.0 Å². The molecule has 1 aromatic rings. The number of ether oxygens (including phenoxy) is 1. The summed E-state index contributed by atoms with van der Waals surface area (Å²) in [5.74, 6) is -0.701. The van der Waals surface area contributed by atoms with Gasteiger partial charge in [-0.2, -0.15) is 4.98 Å². The maximum absolute atomic E-state index is 11.5. The number of anilines is 1. The molecule has 8 nitrogen and oxygen atoms in total. The lowest BCUT2D eigenvalue weighted by atomic mass is 10.1. The monoisotopic (exact) mass is 295 g/mol. The van der Waals surface area contributed by atoms with Crippen LogP contribution >= 0.6 is 0 Å². The maximum Gasteiger partial charge on any atom is 0.326 e. The summed E-state index contributed by atoms with van der Waals surface area (Å²) in [4.78, 5) is 27.7. The Hall–Kier alpha value is -2.38. The molecule has 2 heterocycles. The van der Waals surface area contributed by atoms with E-state index in [-0.39, 0.29) is 17.4 Å². The van der Waals surface area contributed by atoms with Gasteiger partial charge in [-0.25, -0.2) is 4.79 Å². The van der Waals surface area contributed by atoms with Gasteiger partial charge in [-0.3, -0.25) is 10.1 Å². The molecule has 0 aromatic carbocycles. The van der Waals surface area contributed by atoms with E-state index in [1.54, 1.807) is 0 Å². The van der Waals surface area contributed by atoms with Gasteiger partial charge >= 0.3 is 11.7 Å². The van der Waals surface area contributed by atoms with E-state index in [4.69, 9.17) is 4.74 Å². The third kappa shape index (κ3) is 3.21. The molecule has 1 unspecified atom stereocenters. The average molecular weight is 295 g/mol. The van der Waals surface area contributed by atoms with Gasteiger partial charge in [0.25, 0.3) is 0 Å². The molecule has 0 aliphatic carbocycles. The van der Waals surface area contributed by atoms with Gasteiger partial charge < -0.3 is 14.7 Å². The van der Waals surface area contributed by atoms with Crippen LogP contribution in [0.25, 0.3) is 0 Å². The Bertz CT molecular complexity index is 549. The van der Waals surface area contributed by atoms with Crippen LogP contribution in [0.1, 0.15) is 25.7 Å². The average Bonchev–Trinajstić information content (AvgIpc) is 2.72. The van der Waals surface area contributed by atoms with Gasteiger partial charge in [0, 0.05) is 18.7 Å². The number of hydrogen-bond acceptors (Lipinski definition) is 6. The molecule has 1 aromatic heterocycles. The van der Waals surface area contributed by atoms with Crippen LogP contribution in [-0.2, 0) is 4.79 Å². The third-order valence-electron chi connectivity index (χ3n) is 3.54. The largest absolute Gasteiger partial charge is 0.481 e. The van der Waals surface area contributed by atoms with E-state index in [2.05, 4.69) is 4.98 Å². The second-order valence-electron chi connectivity index (χ2n) is 4.85. The fraction of sp³-hybridized carbons (Fsp3) is 0.538. The topological polar surface area (TPSA) is 106 Å². The smallest absolute Gasteiger partial charge is 0.326 e. The number of pyridine rings is 1. The van der Waals surface area contributed by atoms with Gasteiger partial charge in [-0.15, -0.1) is 0 Å². The van der Waals surface area contributed by atoms with E-state index in [1.807, 2.05) is 0 Å². The highest BCUT2D eigenvalue weighted by Gasteiger charge is 2.33. The quantitative estimate of drug-likeness (QED) is 0.667. The van der Waals surface area contributed by atoms with Gasteiger partial charge in [0.15, 0.2) is 0 Å². The molecule has 0 radical (unpaired) electrons. The zero-order valence-electron chi connectivity index (χ0n) is 11.7. The van der Waals surface area contributed by atoms with Crippen molar-refractivity contribution in [3.05, 3.63) is 22.2 Å². The predicted molar refractivity (Wildman–Crippen MR) is 74.7 cm³/mol. The van der Waals surface area contributed by atoms with E-state index in [9.17, 15) is 20.0 Å². The number of aromatic nitrogens is 1. The van der Waals surface area contributed by atoms with Crippen molar-refractivity contribution in [3.63, 3.8) is 0 Å². The molecular formula is C13H17N3O5. The minimum absolute atomic E-state index is 0.0636. The third-order valence-corrected chi connectivity index (χ3v) is 3.54. The molecule has 0 bridgehead atoms. The van der Waals surface area contributed by atoms with Crippen LogP contribution in [0.2, 0.25) is 0 Å². The van der Waals surface area contributed by atoms with E-state index < -0.39 is 16.9 Å². The second-order valence-corrected chi connectivity index (χ2v) is 4.85. The first-order valence-corrected chi connectivity index (χ1v) is 6.73. The van der Waals surface area contributed by atoms with E-state index in [1.165, 1.54) is 24.1 Å². The lowest BCUT2D eigenvalue weighted by Gasteiger charge is -2.27. The molecule has 0 spiro atoms. The number of carboxylic acids is 1.